The largest absolute Gasteiger partial charge is 0.495 e. The average molecular weight is 368 g/mol. The molecule has 0 saturated heterocycles. The first-order valence-electron chi connectivity index (χ1n) is 8.48. The lowest BCUT2D eigenvalue weighted by molar-refractivity contribution is -0.116. The molecule has 0 saturated carbocycles. The summed E-state index contributed by atoms with van der Waals surface area (Å²) < 4.78 is 12.1. The molecule has 2 aromatic heterocycles. The number of benzene rings is 1. The summed E-state index contributed by atoms with van der Waals surface area (Å²) >= 11 is 0. The van der Waals surface area contributed by atoms with Gasteiger partial charge in [0.25, 0.3) is 5.56 Å². The first kappa shape index (κ1) is 18.4. The molecule has 0 spiro atoms. The fraction of sp³-hybridized carbons (Fsp3) is 0.263. The predicted octanol–water partition coefficient (Wildman–Crippen LogP) is 2.42. The molecule has 140 valence electrons. The number of amides is 1. The van der Waals surface area contributed by atoms with Gasteiger partial charge in [-0.15, -0.1) is 10.2 Å². The molecule has 1 aromatic carbocycles. The number of ether oxygens (including phenoxy) is 1. The van der Waals surface area contributed by atoms with Gasteiger partial charge in [-0.1, -0.05) is 13.0 Å². The van der Waals surface area contributed by atoms with E-state index in [-0.39, 0.29) is 18.0 Å². The second kappa shape index (κ2) is 7.86. The van der Waals surface area contributed by atoms with Gasteiger partial charge in [-0.25, -0.2) is 0 Å². The molecule has 0 aliphatic carbocycles. The standard InChI is InChI=1S/C19H20N4O4/c1-4-17-21-22-19(27-17)13-6-8-18(25)23(10-13)11-16(24)20-14-9-12(2)5-7-15(14)26-3/h5-10H,4,11H2,1-3H3,(H,20,24). The first-order chi connectivity index (χ1) is 13.0. The maximum atomic E-state index is 12.4. The van der Waals surface area contributed by atoms with E-state index in [1.807, 2.05) is 19.9 Å². The van der Waals surface area contributed by atoms with Crippen molar-refractivity contribution in [1.82, 2.24) is 14.8 Å². The van der Waals surface area contributed by atoms with Gasteiger partial charge in [0.15, 0.2) is 0 Å². The minimum Gasteiger partial charge on any atom is -0.495 e. The Balaban J connectivity index is 1.81. The van der Waals surface area contributed by atoms with Crippen LogP contribution in [0.2, 0.25) is 0 Å². The number of hydrogen-bond acceptors (Lipinski definition) is 6. The number of aryl methyl sites for hydroxylation is 2. The molecule has 1 amide bonds. The summed E-state index contributed by atoms with van der Waals surface area (Å²) in [7, 11) is 1.53. The number of carbonyl (C=O) groups is 1. The van der Waals surface area contributed by atoms with Crippen molar-refractivity contribution in [2.24, 2.45) is 0 Å². The third-order valence-corrected chi connectivity index (χ3v) is 3.94. The van der Waals surface area contributed by atoms with E-state index < -0.39 is 0 Å². The van der Waals surface area contributed by atoms with Crippen LogP contribution in [0.1, 0.15) is 18.4 Å². The van der Waals surface area contributed by atoms with Gasteiger partial charge in [-0.3, -0.25) is 9.59 Å². The monoisotopic (exact) mass is 368 g/mol. The third-order valence-electron chi connectivity index (χ3n) is 3.94. The van der Waals surface area contributed by atoms with Crippen LogP contribution in [0.4, 0.5) is 5.69 Å². The van der Waals surface area contributed by atoms with Crippen molar-refractivity contribution >= 4 is 11.6 Å². The normalized spacial score (nSPS) is 10.6. The molecule has 0 bridgehead atoms. The van der Waals surface area contributed by atoms with E-state index in [4.69, 9.17) is 9.15 Å². The topological polar surface area (TPSA) is 99.2 Å². The highest BCUT2D eigenvalue weighted by atomic mass is 16.5. The van der Waals surface area contributed by atoms with Crippen LogP contribution in [0.3, 0.4) is 0 Å². The van der Waals surface area contributed by atoms with Crippen LogP contribution in [0.5, 0.6) is 5.75 Å². The highest BCUT2D eigenvalue weighted by Gasteiger charge is 2.12. The fourth-order valence-corrected chi connectivity index (χ4v) is 2.56. The van der Waals surface area contributed by atoms with E-state index in [9.17, 15) is 9.59 Å². The van der Waals surface area contributed by atoms with Gasteiger partial charge in [0, 0.05) is 18.7 Å². The van der Waals surface area contributed by atoms with Gasteiger partial charge >= 0.3 is 0 Å². The zero-order valence-electron chi connectivity index (χ0n) is 15.4. The second-order valence-electron chi connectivity index (χ2n) is 5.99. The quantitative estimate of drug-likeness (QED) is 0.717. The van der Waals surface area contributed by atoms with Crippen LogP contribution in [-0.4, -0.2) is 27.8 Å². The Morgan fingerprint density at radius 3 is 2.78 bits per heavy atom. The van der Waals surface area contributed by atoms with E-state index >= 15 is 0 Å². The van der Waals surface area contributed by atoms with Crippen LogP contribution in [0, 0.1) is 6.92 Å². The zero-order valence-corrected chi connectivity index (χ0v) is 15.4. The number of carbonyl (C=O) groups excluding carboxylic acids is 1. The number of nitrogens with zero attached hydrogens (tertiary/aromatic N) is 3. The summed E-state index contributed by atoms with van der Waals surface area (Å²) in [4.78, 5) is 24.6. The molecular weight excluding hydrogens is 348 g/mol. The zero-order chi connectivity index (χ0) is 19.4. The summed E-state index contributed by atoms with van der Waals surface area (Å²) in [6, 6.07) is 8.43. The lowest BCUT2D eigenvalue weighted by atomic mass is 10.2. The van der Waals surface area contributed by atoms with Gasteiger partial charge in [0.1, 0.15) is 12.3 Å². The van der Waals surface area contributed by atoms with E-state index in [1.54, 1.807) is 18.2 Å². The van der Waals surface area contributed by atoms with Crippen molar-refractivity contribution in [3.63, 3.8) is 0 Å². The third kappa shape index (κ3) is 4.22. The highest BCUT2D eigenvalue weighted by Crippen LogP contribution is 2.25. The van der Waals surface area contributed by atoms with E-state index in [0.29, 0.717) is 35.2 Å². The van der Waals surface area contributed by atoms with Gasteiger partial charge in [0.05, 0.1) is 18.4 Å². The Bertz CT molecular complexity index is 1020. The van der Waals surface area contributed by atoms with Gasteiger partial charge in [-0.05, 0) is 30.7 Å². The van der Waals surface area contributed by atoms with Crippen LogP contribution in [0.25, 0.3) is 11.5 Å². The average Bonchev–Trinajstić information content (AvgIpc) is 3.13. The number of anilines is 1. The number of nitrogens with one attached hydrogen (secondary N) is 1. The minimum absolute atomic E-state index is 0.154. The molecular formula is C19H20N4O4. The van der Waals surface area contributed by atoms with Crippen LogP contribution < -0.4 is 15.6 Å². The molecule has 0 radical (unpaired) electrons. The van der Waals surface area contributed by atoms with Crippen molar-refractivity contribution in [2.75, 3.05) is 12.4 Å². The summed E-state index contributed by atoms with van der Waals surface area (Å²) in [5.74, 6) is 1.01. The van der Waals surface area contributed by atoms with E-state index in [0.717, 1.165) is 5.56 Å². The van der Waals surface area contributed by atoms with Crippen LogP contribution >= 0.6 is 0 Å². The predicted molar refractivity (Wildman–Crippen MR) is 99.7 cm³/mol. The lowest BCUT2D eigenvalue weighted by Gasteiger charge is -2.12. The second-order valence-corrected chi connectivity index (χ2v) is 5.99. The van der Waals surface area contributed by atoms with Crippen molar-refractivity contribution < 1.29 is 13.9 Å². The van der Waals surface area contributed by atoms with E-state index in [1.165, 1.54) is 23.9 Å². The Kier molecular flexibility index (Phi) is 5.35. The molecule has 0 atom stereocenters. The molecule has 2 heterocycles. The Labute approximate surface area is 155 Å². The Morgan fingerprint density at radius 2 is 2.07 bits per heavy atom. The molecule has 8 nitrogen and oxygen atoms in total. The molecule has 3 rings (SSSR count). The smallest absolute Gasteiger partial charge is 0.251 e. The number of rotatable bonds is 6. The molecule has 0 aliphatic heterocycles. The number of pyridine rings is 1. The highest BCUT2D eigenvalue weighted by molar-refractivity contribution is 5.92. The Hall–Kier alpha value is -3.42. The Morgan fingerprint density at radius 1 is 1.26 bits per heavy atom. The van der Waals surface area contributed by atoms with Crippen LogP contribution in [-0.2, 0) is 17.8 Å². The first-order valence-corrected chi connectivity index (χ1v) is 8.48. The van der Waals surface area contributed by atoms with Crippen LogP contribution in [0.15, 0.2) is 45.7 Å². The fourth-order valence-electron chi connectivity index (χ4n) is 2.56. The minimum atomic E-state index is -0.349. The van der Waals surface area contributed by atoms with Gasteiger partial charge < -0.3 is 19.0 Å². The maximum Gasteiger partial charge on any atom is 0.251 e. The molecule has 8 heteroatoms. The van der Waals surface area contributed by atoms with Crippen molar-refractivity contribution in [3.05, 3.63) is 58.3 Å². The summed E-state index contributed by atoms with van der Waals surface area (Å²) in [5.41, 5.74) is 1.80. The molecule has 0 aliphatic rings. The lowest BCUT2D eigenvalue weighted by Crippen LogP contribution is -2.27. The molecule has 0 fully saturated rings. The van der Waals surface area contributed by atoms with Crippen molar-refractivity contribution in [2.45, 2.75) is 26.8 Å². The molecule has 1 N–H and O–H groups in total. The molecule has 3 aromatic rings. The van der Waals surface area contributed by atoms with Crippen molar-refractivity contribution in [3.8, 4) is 17.2 Å². The van der Waals surface area contributed by atoms with Gasteiger partial charge in [0.2, 0.25) is 17.7 Å². The van der Waals surface area contributed by atoms with Gasteiger partial charge in [-0.2, -0.15) is 0 Å². The summed E-state index contributed by atoms with van der Waals surface area (Å²) in [6.07, 6.45) is 2.15. The SMILES string of the molecule is CCc1nnc(-c2ccc(=O)n(CC(=O)Nc3cc(C)ccc3OC)c2)o1. The van der Waals surface area contributed by atoms with Crippen molar-refractivity contribution in [1.29, 1.82) is 0 Å². The van der Waals surface area contributed by atoms with E-state index in [2.05, 4.69) is 15.5 Å². The number of methoxy groups -OCH3 is 1. The number of hydrogen-bond donors (Lipinski definition) is 1. The molecule has 0 unspecified atom stereocenters. The maximum absolute atomic E-state index is 12.4. The molecule has 27 heavy (non-hydrogen) atoms. The number of aromatic nitrogens is 3. The summed E-state index contributed by atoms with van der Waals surface area (Å²) in [6.45, 7) is 3.67. The summed E-state index contributed by atoms with van der Waals surface area (Å²) in [5, 5.41) is 10.6.